The van der Waals surface area contributed by atoms with Gasteiger partial charge in [-0.1, -0.05) is 12.1 Å². The first-order chi connectivity index (χ1) is 11.7. The van der Waals surface area contributed by atoms with E-state index in [2.05, 4.69) is 0 Å². The minimum absolute atomic E-state index is 0.101. The van der Waals surface area contributed by atoms with Crippen LogP contribution in [-0.4, -0.2) is 33.3 Å². The summed E-state index contributed by atoms with van der Waals surface area (Å²) < 4.78 is 16.1. The molecule has 24 heavy (non-hydrogen) atoms. The Morgan fingerprint density at radius 1 is 1.17 bits per heavy atom. The Labute approximate surface area is 141 Å². The summed E-state index contributed by atoms with van der Waals surface area (Å²) in [5.74, 6) is 2.02. The van der Waals surface area contributed by atoms with Crippen molar-refractivity contribution >= 4 is 17.7 Å². The number of hydrogen-bond acceptors (Lipinski definition) is 4. The van der Waals surface area contributed by atoms with Crippen molar-refractivity contribution in [3.63, 3.8) is 0 Å². The molecule has 1 amide bonds. The van der Waals surface area contributed by atoms with E-state index in [0.29, 0.717) is 24.7 Å². The van der Waals surface area contributed by atoms with Gasteiger partial charge in [-0.2, -0.15) is 0 Å². The second-order valence-electron chi connectivity index (χ2n) is 5.25. The molecule has 1 aliphatic heterocycles. The second-order valence-corrected chi connectivity index (χ2v) is 5.25. The maximum Gasteiger partial charge on any atom is 0.251 e. The number of hydrogen-bond donors (Lipinski definition) is 0. The van der Waals surface area contributed by atoms with Crippen LogP contribution in [-0.2, 0) is 4.79 Å². The molecule has 0 fully saturated rings. The molecule has 5 heteroatoms. The third-order valence-corrected chi connectivity index (χ3v) is 3.84. The van der Waals surface area contributed by atoms with Crippen LogP contribution in [0.15, 0.2) is 48.5 Å². The maximum absolute atomic E-state index is 12.6. The molecule has 0 saturated carbocycles. The molecule has 2 aromatic rings. The average Bonchev–Trinajstić information content (AvgIpc) is 2.65. The van der Waals surface area contributed by atoms with Gasteiger partial charge in [-0.05, 0) is 36.4 Å². The monoisotopic (exact) mass is 325 g/mol. The minimum atomic E-state index is -0.101. The molecule has 1 aliphatic rings. The van der Waals surface area contributed by atoms with Gasteiger partial charge in [0.05, 0.1) is 26.5 Å². The average molecular weight is 325 g/mol. The fourth-order valence-corrected chi connectivity index (χ4v) is 2.62. The number of rotatable bonds is 4. The number of para-hydroxylation sites is 2. The molecule has 2 aromatic carbocycles. The van der Waals surface area contributed by atoms with E-state index < -0.39 is 0 Å². The lowest BCUT2D eigenvalue weighted by atomic mass is 10.1. The van der Waals surface area contributed by atoms with Crippen molar-refractivity contribution in [1.29, 1.82) is 0 Å². The molecule has 0 saturated heterocycles. The van der Waals surface area contributed by atoms with Crippen molar-refractivity contribution in [2.24, 2.45) is 0 Å². The fourth-order valence-electron chi connectivity index (χ4n) is 2.62. The van der Waals surface area contributed by atoms with Gasteiger partial charge in [0, 0.05) is 11.6 Å². The fraction of sp³-hybridized carbons (Fsp3) is 0.211. The molecule has 0 N–H and O–H groups in total. The van der Waals surface area contributed by atoms with Crippen molar-refractivity contribution in [2.45, 2.75) is 0 Å². The largest absolute Gasteiger partial charge is 0.497 e. The number of amides is 1. The molecule has 0 aliphatic carbocycles. The van der Waals surface area contributed by atoms with Crippen LogP contribution in [0.25, 0.3) is 6.08 Å². The highest BCUT2D eigenvalue weighted by Gasteiger charge is 2.21. The highest BCUT2D eigenvalue weighted by Crippen LogP contribution is 2.31. The number of nitrogens with zero attached hydrogens (tertiary/aromatic N) is 1. The van der Waals surface area contributed by atoms with Crippen LogP contribution in [0.5, 0.6) is 17.2 Å². The summed E-state index contributed by atoms with van der Waals surface area (Å²) >= 11 is 0. The summed E-state index contributed by atoms with van der Waals surface area (Å²) in [5.41, 5.74) is 1.57. The third-order valence-electron chi connectivity index (χ3n) is 3.84. The first-order valence-corrected chi connectivity index (χ1v) is 7.66. The quantitative estimate of drug-likeness (QED) is 0.810. The van der Waals surface area contributed by atoms with Gasteiger partial charge in [-0.25, -0.2) is 0 Å². The summed E-state index contributed by atoms with van der Waals surface area (Å²) in [7, 11) is 3.20. The van der Waals surface area contributed by atoms with Gasteiger partial charge in [0.15, 0.2) is 0 Å². The van der Waals surface area contributed by atoms with Gasteiger partial charge in [0.1, 0.15) is 23.9 Å². The van der Waals surface area contributed by atoms with E-state index in [1.165, 1.54) is 0 Å². The van der Waals surface area contributed by atoms with Gasteiger partial charge in [0.2, 0.25) is 0 Å². The number of benzene rings is 2. The van der Waals surface area contributed by atoms with Crippen molar-refractivity contribution < 1.29 is 19.0 Å². The van der Waals surface area contributed by atoms with Crippen molar-refractivity contribution in [2.75, 3.05) is 32.3 Å². The topological polar surface area (TPSA) is 48.0 Å². The Kier molecular flexibility index (Phi) is 4.70. The Morgan fingerprint density at radius 2 is 2.00 bits per heavy atom. The molecule has 0 aromatic heterocycles. The number of fused-ring (bicyclic) bond motifs is 1. The van der Waals surface area contributed by atoms with Crippen LogP contribution >= 0.6 is 0 Å². The van der Waals surface area contributed by atoms with Crippen LogP contribution in [0.2, 0.25) is 0 Å². The smallest absolute Gasteiger partial charge is 0.251 e. The number of ether oxygens (including phenoxy) is 3. The van der Waals surface area contributed by atoms with Gasteiger partial charge in [0.25, 0.3) is 5.91 Å². The predicted molar refractivity (Wildman–Crippen MR) is 92.9 cm³/mol. The first-order valence-electron chi connectivity index (χ1n) is 7.66. The lowest BCUT2D eigenvalue weighted by Gasteiger charge is -2.28. The Balaban J connectivity index is 1.84. The molecule has 124 valence electrons. The normalized spacial score (nSPS) is 13.3. The SMILES string of the molecule is COc1ccc(OC)c(/C=C/C(=O)N2CCOc3ccccc32)c1. The zero-order chi connectivity index (χ0) is 16.9. The summed E-state index contributed by atoms with van der Waals surface area (Å²) in [5, 5.41) is 0. The van der Waals surface area contributed by atoms with Gasteiger partial charge >= 0.3 is 0 Å². The highest BCUT2D eigenvalue weighted by molar-refractivity contribution is 6.05. The van der Waals surface area contributed by atoms with E-state index in [4.69, 9.17) is 14.2 Å². The third kappa shape index (κ3) is 3.20. The Bertz CT molecular complexity index is 770. The van der Waals surface area contributed by atoms with E-state index >= 15 is 0 Å². The molecule has 0 unspecified atom stereocenters. The van der Waals surface area contributed by atoms with Crippen LogP contribution < -0.4 is 19.1 Å². The van der Waals surface area contributed by atoms with E-state index in [1.807, 2.05) is 42.5 Å². The van der Waals surface area contributed by atoms with E-state index in [9.17, 15) is 4.79 Å². The van der Waals surface area contributed by atoms with E-state index in [-0.39, 0.29) is 5.91 Å². The molecule has 0 radical (unpaired) electrons. The molecule has 1 heterocycles. The van der Waals surface area contributed by atoms with Crippen molar-refractivity contribution in [3.8, 4) is 17.2 Å². The zero-order valence-corrected chi connectivity index (χ0v) is 13.7. The lowest BCUT2D eigenvalue weighted by molar-refractivity contribution is -0.114. The van der Waals surface area contributed by atoms with Crippen LogP contribution in [0.4, 0.5) is 5.69 Å². The van der Waals surface area contributed by atoms with Crippen molar-refractivity contribution in [3.05, 3.63) is 54.1 Å². The molecule has 3 rings (SSSR count). The summed E-state index contributed by atoms with van der Waals surface area (Å²) in [6.45, 7) is 1.01. The Morgan fingerprint density at radius 3 is 2.79 bits per heavy atom. The molecule has 0 bridgehead atoms. The predicted octanol–water partition coefficient (Wildman–Crippen LogP) is 3.14. The molecular weight excluding hydrogens is 306 g/mol. The van der Waals surface area contributed by atoms with Gasteiger partial charge in [-0.3, -0.25) is 4.79 Å². The van der Waals surface area contributed by atoms with E-state index in [0.717, 1.165) is 17.0 Å². The standard InChI is InChI=1S/C19H19NO4/c1-22-15-8-9-17(23-2)14(13-15)7-10-19(21)20-11-12-24-18-6-4-3-5-16(18)20/h3-10,13H,11-12H2,1-2H3/b10-7+. The number of methoxy groups -OCH3 is 2. The summed E-state index contributed by atoms with van der Waals surface area (Å²) in [6, 6.07) is 13.0. The zero-order valence-electron chi connectivity index (χ0n) is 13.7. The first kappa shape index (κ1) is 15.9. The Hall–Kier alpha value is -2.95. The van der Waals surface area contributed by atoms with Crippen LogP contribution in [0.1, 0.15) is 5.56 Å². The van der Waals surface area contributed by atoms with Gasteiger partial charge in [-0.15, -0.1) is 0 Å². The minimum Gasteiger partial charge on any atom is -0.497 e. The van der Waals surface area contributed by atoms with Crippen LogP contribution in [0, 0.1) is 0 Å². The number of anilines is 1. The maximum atomic E-state index is 12.6. The number of carbonyl (C=O) groups is 1. The molecule has 5 nitrogen and oxygen atoms in total. The summed E-state index contributed by atoms with van der Waals surface area (Å²) in [6.07, 6.45) is 3.28. The molecular formula is C19H19NO4. The summed E-state index contributed by atoms with van der Waals surface area (Å²) in [4.78, 5) is 14.3. The number of carbonyl (C=O) groups excluding carboxylic acids is 1. The molecule has 0 atom stereocenters. The molecule has 0 spiro atoms. The lowest BCUT2D eigenvalue weighted by Crippen LogP contribution is -2.36. The van der Waals surface area contributed by atoms with Crippen LogP contribution in [0.3, 0.4) is 0 Å². The van der Waals surface area contributed by atoms with Gasteiger partial charge < -0.3 is 19.1 Å². The highest BCUT2D eigenvalue weighted by atomic mass is 16.5. The van der Waals surface area contributed by atoms with Crippen molar-refractivity contribution in [1.82, 2.24) is 0 Å². The van der Waals surface area contributed by atoms with E-state index in [1.54, 1.807) is 31.3 Å². The second kappa shape index (κ2) is 7.08.